The standard InChI is InChI=1S/C29H48O2/c1-7-29(31)17-16-27(5)21(18-29)9-10-22-24-12-11-23(28(24,6)15-14-25(22)27)20(4)8-13-26(30)19(2)3/h9,19-20,22-25,31H,7-8,10-18H2,1-6H3/t20-,22+,23-,24+,25+,27+,28-,29+/m1/s1. The molecule has 2 heteroatoms. The zero-order valence-corrected chi connectivity index (χ0v) is 21.2. The second-order valence-corrected chi connectivity index (χ2v) is 12.9. The number of aliphatic hydroxyl groups is 1. The molecule has 0 saturated heterocycles. The van der Waals surface area contributed by atoms with Gasteiger partial charge in [0.15, 0.2) is 0 Å². The Labute approximate surface area is 191 Å². The van der Waals surface area contributed by atoms with E-state index in [1.54, 1.807) is 5.57 Å². The first-order valence-corrected chi connectivity index (χ1v) is 13.5. The molecule has 0 spiro atoms. The van der Waals surface area contributed by atoms with Crippen molar-refractivity contribution in [1.82, 2.24) is 0 Å². The summed E-state index contributed by atoms with van der Waals surface area (Å²) in [5, 5.41) is 11.0. The first-order valence-electron chi connectivity index (χ1n) is 13.5. The highest BCUT2D eigenvalue weighted by Gasteiger charge is 2.59. The van der Waals surface area contributed by atoms with Gasteiger partial charge in [0.25, 0.3) is 0 Å². The van der Waals surface area contributed by atoms with Gasteiger partial charge in [-0.3, -0.25) is 4.79 Å². The molecule has 8 atom stereocenters. The molecule has 0 bridgehead atoms. The van der Waals surface area contributed by atoms with Gasteiger partial charge in [0.05, 0.1) is 5.60 Å². The van der Waals surface area contributed by atoms with Crippen molar-refractivity contribution in [3.05, 3.63) is 11.6 Å². The number of carbonyl (C=O) groups is 1. The Morgan fingerprint density at radius 3 is 2.52 bits per heavy atom. The molecule has 0 aromatic heterocycles. The Hall–Kier alpha value is -0.630. The molecule has 0 aromatic carbocycles. The number of allylic oxidation sites excluding steroid dienone is 1. The molecule has 0 heterocycles. The van der Waals surface area contributed by atoms with Crippen molar-refractivity contribution >= 4 is 5.78 Å². The summed E-state index contributed by atoms with van der Waals surface area (Å²) in [6.45, 7) is 13.8. The lowest BCUT2D eigenvalue weighted by atomic mass is 9.46. The van der Waals surface area contributed by atoms with Crippen LogP contribution in [-0.2, 0) is 4.79 Å². The van der Waals surface area contributed by atoms with Crippen LogP contribution in [0, 0.1) is 46.3 Å². The Balaban J connectivity index is 1.50. The molecule has 0 aromatic rings. The SMILES string of the molecule is CC[C@]1(O)CC[C@@]2(C)C(=CC[C@H]3[C@@H]4CC[C@H]([C@H](C)CCC(=O)C(C)C)[C@@]4(C)CC[C@@H]32)C1. The van der Waals surface area contributed by atoms with Crippen molar-refractivity contribution in [3.63, 3.8) is 0 Å². The maximum atomic E-state index is 12.2. The minimum absolute atomic E-state index is 0.180. The average molecular weight is 429 g/mol. The summed E-state index contributed by atoms with van der Waals surface area (Å²) in [6.07, 6.45) is 15.1. The van der Waals surface area contributed by atoms with Crippen molar-refractivity contribution < 1.29 is 9.90 Å². The van der Waals surface area contributed by atoms with Gasteiger partial charge in [-0.1, -0.05) is 53.2 Å². The highest BCUT2D eigenvalue weighted by atomic mass is 16.3. The lowest BCUT2D eigenvalue weighted by Gasteiger charge is -2.59. The summed E-state index contributed by atoms with van der Waals surface area (Å²) < 4.78 is 0. The van der Waals surface area contributed by atoms with E-state index < -0.39 is 5.60 Å². The first kappa shape index (κ1) is 23.5. The molecule has 1 N–H and O–H groups in total. The third-order valence-corrected chi connectivity index (χ3v) is 11.2. The van der Waals surface area contributed by atoms with E-state index in [0.29, 0.717) is 22.5 Å². The Bertz CT molecular complexity index is 722. The fraction of sp³-hybridized carbons (Fsp3) is 0.897. The lowest BCUT2D eigenvalue weighted by molar-refractivity contribution is -0.122. The van der Waals surface area contributed by atoms with Crippen molar-refractivity contribution in [2.45, 2.75) is 118 Å². The van der Waals surface area contributed by atoms with Gasteiger partial charge in [0.1, 0.15) is 5.78 Å². The van der Waals surface area contributed by atoms with Crippen LogP contribution in [0.2, 0.25) is 0 Å². The molecule has 3 saturated carbocycles. The molecule has 0 unspecified atom stereocenters. The summed E-state index contributed by atoms with van der Waals surface area (Å²) in [5.41, 5.74) is 1.91. The smallest absolute Gasteiger partial charge is 0.135 e. The van der Waals surface area contributed by atoms with Crippen LogP contribution < -0.4 is 0 Å². The van der Waals surface area contributed by atoms with Crippen LogP contribution in [0.25, 0.3) is 0 Å². The number of hydrogen-bond acceptors (Lipinski definition) is 2. The number of hydrogen-bond donors (Lipinski definition) is 1. The summed E-state index contributed by atoms with van der Waals surface area (Å²) in [5.74, 6) is 4.55. The number of rotatable bonds is 6. The molecule has 3 fully saturated rings. The van der Waals surface area contributed by atoms with E-state index in [4.69, 9.17) is 0 Å². The molecule has 176 valence electrons. The Morgan fingerprint density at radius 1 is 1.10 bits per heavy atom. The van der Waals surface area contributed by atoms with Crippen molar-refractivity contribution in [1.29, 1.82) is 0 Å². The van der Waals surface area contributed by atoms with E-state index in [0.717, 1.165) is 55.8 Å². The predicted molar refractivity (Wildman–Crippen MR) is 129 cm³/mol. The molecule has 4 rings (SSSR count). The maximum absolute atomic E-state index is 12.2. The van der Waals surface area contributed by atoms with Crippen molar-refractivity contribution in [3.8, 4) is 0 Å². The second-order valence-electron chi connectivity index (χ2n) is 12.9. The van der Waals surface area contributed by atoms with Crippen molar-refractivity contribution in [2.75, 3.05) is 0 Å². The highest BCUT2D eigenvalue weighted by molar-refractivity contribution is 5.80. The molecule has 0 radical (unpaired) electrons. The van der Waals surface area contributed by atoms with Gasteiger partial charge in [-0.05, 0) is 105 Å². The number of Topliss-reactive ketones (excluding diaryl/α,β-unsaturated/α-hetero) is 1. The third-order valence-electron chi connectivity index (χ3n) is 11.2. The van der Waals surface area contributed by atoms with Crippen LogP contribution >= 0.6 is 0 Å². The van der Waals surface area contributed by atoms with Crippen LogP contribution in [0.15, 0.2) is 11.6 Å². The largest absolute Gasteiger partial charge is 0.390 e. The minimum atomic E-state index is -0.456. The zero-order valence-electron chi connectivity index (χ0n) is 21.2. The van der Waals surface area contributed by atoms with Crippen molar-refractivity contribution in [2.24, 2.45) is 46.3 Å². The quantitative estimate of drug-likeness (QED) is 0.449. The second kappa shape index (κ2) is 8.30. The van der Waals surface area contributed by atoms with E-state index >= 15 is 0 Å². The minimum Gasteiger partial charge on any atom is -0.390 e. The van der Waals surface area contributed by atoms with E-state index in [-0.39, 0.29) is 5.92 Å². The Kier molecular flexibility index (Phi) is 6.30. The molecule has 31 heavy (non-hydrogen) atoms. The van der Waals surface area contributed by atoms with E-state index in [1.807, 2.05) is 13.8 Å². The molecular weight excluding hydrogens is 380 g/mol. The monoisotopic (exact) mass is 428 g/mol. The van der Waals surface area contributed by atoms with Crippen LogP contribution in [0.4, 0.5) is 0 Å². The van der Waals surface area contributed by atoms with Gasteiger partial charge in [-0.25, -0.2) is 0 Å². The van der Waals surface area contributed by atoms with Crippen LogP contribution in [0.3, 0.4) is 0 Å². The molecule has 4 aliphatic rings. The van der Waals surface area contributed by atoms with Gasteiger partial charge in [0.2, 0.25) is 0 Å². The summed E-state index contributed by atoms with van der Waals surface area (Å²) >= 11 is 0. The topological polar surface area (TPSA) is 37.3 Å². The van der Waals surface area contributed by atoms with Gasteiger partial charge in [-0.2, -0.15) is 0 Å². The molecular formula is C29H48O2. The number of carbonyl (C=O) groups excluding carboxylic acids is 1. The predicted octanol–water partition coefficient (Wildman–Crippen LogP) is 7.35. The van der Waals surface area contributed by atoms with Crippen LogP contribution in [0.5, 0.6) is 0 Å². The van der Waals surface area contributed by atoms with Gasteiger partial charge < -0.3 is 5.11 Å². The number of ketones is 1. The number of fused-ring (bicyclic) bond motifs is 5. The lowest BCUT2D eigenvalue weighted by Crippen LogP contribution is -2.52. The van der Waals surface area contributed by atoms with Gasteiger partial charge in [0, 0.05) is 12.3 Å². The summed E-state index contributed by atoms with van der Waals surface area (Å²) in [6, 6.07) is 0. The maximum Gasteiger partial charge on any atom is 0.135 e. The normalized spacial score (nSPS) is 45.5. The first-order chi connectivity index (χ1) is 14.5. The van der Waals surface area contributed by atoms with E-state index in [2.05, 4.69) is 33.8 Å². The zero-order chi connectivity index (χ0) is 22.6. The summed E-state index contributed by atoms with van der Waals surface area (Å²) in [7, 11) is 0. The fourth-order valence-corrected chi connectivity index (χ4v) is 8.85. The molecule has 0 amide bonds. The van der Waals surface area contributed by atoms with Crippen LogP contribution in [0.1, 0.15) is 112 Å². The Morgan fingerprint density at radius 2 is 1.84 bits per heavy atom. The molecule has 0 aliphatic heterocycles. The average Bonchev–Trinajstić information content (AvgIpc) is 3.09. The van der Waals surface area contributed by atoms with Gasteiger partial charge >= 0.3 is 0 Å². The third kappa shape index (κ3) is 3.87. The highest BCUT2D eigenvalue weighted by Crippen LogP contribution is 2.67. The summed E-state index contributed by atoms with van der Waals surface area (Å²) in [4.78, 5) is 12.2. The van der Waals surface area contributed by atoms with Crippen LogP contribution in [-0.4, -0.2) is 16.5 Å². The fourth-order valence-electron chi connectivity index (χ4n) is 8.85. The van der Waals surface area contributed by atoms with E-state index in [1.165, 1.54) is 38.5 Å². The van der Waals surface area contributed by atoms with Gasteiger partial charge in [-0.15, -0.1) is 0 Å². The molecule has 2 nitrogen and oxygen atoms in total. The van der Waals surface area contributed by atoms with E-state index in [9.17, 15) is 9.90 Å². The molecule has 4 aliphatic carbocycles.